The number of nitro groups is 1. The molecule has 0 amide bonds. The van der Waals surface area contributed by atoms with Crippen LogP contribution < -0.4 is 5.32 Å². The molecule has 122 valence electrons. The summed E-state index contributed by atoms with van der Waals surface area (Å²) in [4.78, 5) is 23.6. The highest BCUT2D eigenvalue weighted by Crippen LogP contribution is 2.34. The first-order valence-corrected chi connectivity index (χ1v) is 8.00. The van der Waals surface area contributed by atoms with E-state index in [0.29, 0.717) is 12.1 Å². The number of carbonyl (C=O) groups is 1. The summed E-state index contributed by atoms with van der Waals surface area (Å²) in [6, 6.07) is 9.67. The van der Waals surface area contributed by atoms with Crippen molar-refractivity contribution in [3.8, 4) is 10.4 Å². The number of nitrogens with zero attached hydrogens (tertiary/aromatic N) is 1. The molecular weight excluding hydrogens is 316 g/mol. The molecule has 0 spiro atoms. The highest BCUT2D eigenvalue weighted by molar-refractivity contribution is 7.15. The van der Waals surface area contributed by atoms with Crippen LogP contribution in [0, 0.1) is 16.0 Å². The summed E-state index contributed by atoms with van der Waals surface area (Å²) < 4.78 is 0. The maximum absolute atomic E-state index is 11.2. The van der Waals surface area contributed by atoms with Gasteiger partial charge in [0.2, 0.25) is 0 Å². The minimum atomic E-state index is -0.879. The van der Waals surface area contributed by atoms with Gasteiger partial charge in [0.05, 0.1) is 10.5 Å². The Morgan fingerprint density at radius 1 is 1.30 bits per heavy atom. The number of carboxylic acids is 1. The van der Waals surface area contributed by atoms with Crippen LogP contribution in [0.5, 0.6) is 0 Å². The van der Waals surface area contributed by atoms with Crippen LogP contribution in [0.1, 0.15) is 18.7 Å². The van der Waals surface area contributed by atoms with E-state index in [1.54, 1.807) is 18.2 Å². The standard InChI is InChI=1S/C16H18N2O4S/c1-10(2)15(16(19)20)17-9-11-7-8-14(23-11)12-5-3-4-6-13(12)18(21)22/h3-8,10,15,17H,9H2,1-2H3,(H,19,20)/t15-/m1/s1. The van der Waals surface area contributed by atoms with Crippen LogP contribution in [0.4, 0.5) is 5.69 Å². The Morgan fingerprint density at radius 3 is 2.61 bits per heavy atom. The fraction of sp³-hybridized carbons (Fsp3) is 0.312. The quantitative estimate of drug-likeness (QED) is 0.597. The Bertz CT molecular complexity index is 712. The summed E-state index contributed by atoms with van der Waals surface area (Å²) in [5.41, 5.74) is 0.645. The van der Waals surface area contributed by atoms with Gasteiger partial charge in [-0.15, -0.1) is 11.3 Å². The lowest BCUT2D eigenvalue weighted by Crippen LogP contribution is -2.40. The highest BCUT2D eigenvalue weighted by Gasteiger charge is 2.21. The van der Waals surface area contributed by atoms with Gasteiger partial charge in [-0.2, -0.15) is 0 Å². The van der Waals surface area contributed by atoms with Crippen LogP contribution in [0.3, 0.4) is 0 Å². The summed E-state index contributed by atoms with van der Waals surface area (Å²) in [6.45, 7) is 4.11. The summed E-state index contributed by atoms with van der Waals surface area (Å²) in [5.74, 6) is -0.905. The minimum absolute atomic E-state index is 0.0258. The Hall–Kier alpha value is -2.25. The second kappa shape index (κ2) is 7.34. The second-order valence-corrected chi connectivity index (χ2v) is 6.65. The molecule has 0 aliphatic heterocycles. The Morgan fingerprint density at radius 2 is 2.00 bits per heavy atom. The molecule has 0 bridgehead atoms. The van der Waals surface area contributed by atoms with E-state index in [1.165, 1.54) is 17.4 Å². The molecule has 7 heteroatoms. The lowest BCUT2D eigenvalue weighted by Gasteiger charge is -2.17. The fourth-order valence-corrected chi connectivity index (χ4v) is 3.27. The molecule has 2 aromatic rings. The molecule has 23 heavy (non-hydrogen) atoms. The van der Waals surface area contributed by atoms with Crippen molar-refractivity contribution >= 4 is 23.0 Å². The molecule has 2 rings (SSSR count). The minimum Gasteiger partial charge on any atom is -0.480 e. The third kappa shape index (κ3) is 4.14. The predicted octanol–water partition coefficient (Wildman–Crippen LogP) is 3.52. The number of hydrogen-bond acceptors (Lipinski definition) is 5. The molecule has 1 heterocycles. The van der Waals surface area contributed by atoms with Gasteiger partial charge in [-0.25, -0.2) is 0 Å². The molecule has 0 aliphatic carbocycles. The third-order valence-electron chi connectivity index (χ3n) is 3.46. The predicted molar refractivity (Wildman–Crippen MR) is 89.5 cm³/mol. The van der Waals surface area contributed by atoms with Crippen LogP contribution in [-0.2, 0) is 11.3 Å². The Balaban J connectivity index is 2.16. The largest absolute Gasteiger partial charge is 0.480 e. The van der Waals surface area contributed by atoms with Crippen molar-refractivity contribution in [3.05, 3.63) is 51.4 Å². The summed E-state index contributed by atoms with van der Waals surface area (Å²) in [5, 5.41) is 23.3. The molecule has 6 nitrogen and oxygen atoms in total. The first kappa shape index (κ1) is 17.1. The number of para-hydroxylation sites is 1. The van der Waals surface area contributed by atoms with Gasteiger partial charge in [-0.05, 0) is 24.1 Å². The second-order valence-electron chi connectivity index (χ2n) is 5.48. The molecule has 1 atom stereocenters. The van der Waals surface area contributed by atoms with Gasteiger partial charge in [-0.1, -0.05) is 26.0 Å². The first-order chi connectivity index (χ1) is 10.9. The van der Waals surface area contributed by atoms with E-state index in [9.17, 15) is 14.9 Å². The van der Waals surface area contributed by atoms with Gasteiger partial charge in [0.15, 0.2) is 0 Å². The van der Waals surface area contributed by atoms with Crippen LogP contribution in [0.2, 0.25) is 0 Å². The summed E-state index contributed by atoms with van der Waals surface area (Å²) in [6.07, 6.45) is 0. The Labute approximate surface area is 137 Å². The van der Waals surface area contributed by atoms with E-state index in [1.807, 2.05) is 26.0 Å². The van der Waals surface area contributed by atoms with E-state index >= 15 is 0 Å². The normalized spacial score (nSPS) is 12.3. The zero-order valence-electron chi connectivity index (χ0n) is 12.9. The van der Waals surface area contributed by atoms with E-state index in [2.05, 4.69) is 5.32 Å². The van der Waals surface area contributed by atoms with Crippen LogP contribution in [0.25, 0.3) is 10.4 Å². The average Bonchev–Trinajstić information content (AvgIpc) is 2.95. The van der Waals surface area contributed by atoms with Crippen LogP contribution >= 0.6 is 11.3 Å². The molecule has 0 saturated heterocycles. The molecule has 1 aromatic heterocycles. The van der Waals surface area contributed by atoms with Crippen molar-refractivity contribution in [3.63, 3.8) is 0 Å². The molecular formula is C16H18N2O4S. The smallest absolute Gasteiger partial charge is 0.320 e. The number of rotatable bonds is 7. The van der Waals surface area contributed by atoms with E-state index < -0.39 is 16.9 Å². The molecule has 0 aliphatic rings. The monoisotopic (exact) mass is 334 g/mol. The number of hydrogen-bond donors (Lipinski definition) is 2. The number of benzene rings is 1. The maximum atomic E-state index is 11.2. The lowest BCUT2D eigenvalue weighted by atomic mass is 10.1. The molecule has 2 N–H and O–H groups in total. The van der Waals surface area contributed by atoms with Crippen LogP contribution in [-0.4, -0.2) is 22.0 Å². The molecule has 0 unspecified atom stereocenters. The average molecular weight is 334 g/mol. The van der Waals surface area contributed by atoms with Crippen molar-refractivity contribution in [2.75, 3.05) is 0 Å². The van der Waals surface area contributed by atoms with Crippen LogP contribution in [0.15, 0.2) is 36.4 Å². The topological polar surface area (TPSA) is 92.5 Å². The number of thiophene rings is 1. The lowest BCUT2D eigenvalue weighted by molar-refractivity contribution is -0.384. The van der Waals surface area contributed by atoms with E-state index in [4.69, 9.17) is 5.11 Å². The van der Waals surface area contributed by atoms with E-state index in [0.717, 1.165) is 9.75 Å². The van der Waals surface area contributed by atoms with Crippen molar-refractivity contribution < 1.29 is 14.8 Å². The van der Waals surface area contributed by atoms with Gasteiger partial charge in [0.1, 0.15) is 6.04 Å². The molecule has 0 fully saturated rings. The van der Waals surface area contributed by atoms with Gasteiger partial charge in [0.25, 0.3) is 5.69 Å². The van der Waals surface area contributed by atoms with Crippen molar-refractivity contribution in [2.24, 2.45) is 5.92 Å². The van der Waals surface area contributed by atoms with Crippen molar-refractivity contribution in [1.82, 2.24) is 5.32 Å². The zero-order chi connectivity index (χ0) is 17.0. The van der Waals surface area contributed by atoms with Gasteiger partial charge < -0.3 is 5.11 Å². The molecule has 0 radical (unpaired) electrons. The third-order valence-corrected chi connectivity index (χ3v) is 4.58. The fourth-order valence-electron chi connectivity index (χ4n) is 2.28. The van der Waals surface area contributed by atoms with Crippen molar-refractivity contribution in [1.29, 1.82) is 0 Å². The van der Waals surface area contributed by atoms with Gasteiger partial charge >= 0.3 is 5.97 Å². The number of nitrogens with one attached hydrogen (secondary N) is 1. The summed E-state index contributed by atoms with van der Waals surface area (Å²) >= 11 is 1.42. The van der Waals surface area contributed by atoms with Gasteiger partial charge in [0, 0.05) is 22.4 Å². The van der Waals surface area contributed by atoms with E-state index in [-0.39, 0.29) is 11.6 Å². The maximum Gasteiger partial charge on any atom is 0.320 e. The van der Waals surface area contributed by atoms with Crippen molar-refractivity contribution in [2.45, 2.75) is 26.4 Å². The Kier molecular flexibility index (Phi) is 5.46. The SMILES string of the molecule is CC(C)[C@@H](NCc1ccc(-c2ccccc2[N+](=O)[O-])s1)C(=O)O. The van der Waals surface area contributed by atoms with Gasteiger partial charge in [-0.3, -0.25) is 20.2 Å². The number of carboxylic acid groups (broad SMARTS) is 1. The highest BCUT2D eigenvalue weighted by atomic mass is 32.1. The summed E-state index contributed by atoms with van der Waals surface area (Å²) in [7, 11) is 0. The zero-order valence-corrected chi connectivity index (χ0v) is 13.7. The number of nitro benzene ring substituents is 1. The molecule has 0 saturated carbocycles. The molecule has 1 aromatic carbocycles. The first-order valence-electron chi connectivity index (χ1n) is 7.19. The number of aliphatic carboxylic acids is 1.